The first kappa shape index (κ1) is 19.5. The second-order valence-corrected chi connectivity index (χ2v) is 6.45. The van der Waals surface area contributed by atoms with E-state index in [1.165, 1.54) is 12.1 Å². The van der Waals surface area contributed by atoms with E-state index in [-0.39, 0.29) is 29.9 Å². The van der Waals surface area contributed by atoms with Crippen LogP contribution in [0.15, 0.2) is 28.8 Å². The Kier molecular flexibility index (Phi) is 5.43. The molecule has 7 nitrogen and oxygen atoms in total. The summed E-state index contributed by atoms with van der Waals surface area (Å²) in [6, 6.07) is 4.36. The third-order valence-electron chi connectivity index (χ3n) is 4.41. The molecule has 0 saturated heterocycles. The fourth-order valence-corrected chi connectivity index (χ4v) is 2.97. The van der Waals surface area contributed by atoms with Crippen LogP contribution in [0.2, 0.25) is 0 Å². The van der Waals surface area contributed by atoms with E-state index in [0.717, 1.165) is 29.1 Å². The van der Waals surface area contributed by atoms with Gasteiger partial charge in [0.15, 0.2) is 23.1 Å². The zero-order valence-corrected chi connectivity index (χ0v) is 15.9. The van der Waals surface area contributed by atoms with Crippen molar-refractivity contribution < 1.29 is 22.8 Å². The molecule has 0 aliphatic rings. The molecule has 0 fully saturated rings. The van der Waals surface area contributed by atoms with Gasteiger partial charge in [0.2, 0.25) is 0 Å². The van der Waals surface area contributed by atoms with Crippen LogP contribution in [-0.4, -0.2) is 20.8 Å². The molecule has 2 aromatic heterocycles. The monoisotopic (exact) mass is 390 g/mol. The summed E-state index contributed by atoms with van der Waals surface area (Å²) >= 11 is 0. The maximum Gasteiger partial charge on any atom is 0.273 e. The van der Waals surface area contributed by atoms with Crippen molar-refractivity contribution in [3.05, 3.63) is 64.3 Å². The number of aryl methyl sites for hydroxylation is 2. The summed E-state index contributed by atoms with van der Waals surface area (Å²) in [7, 11) is 1.84. The first-order valence-corrected chi connectivity index (χ1v) is 8.60. The largest absolute Gasteiger partial charge is 0.485 e. The predicted octanol–water partition coefficient (Wildman–Crippen LogP) is 3.37. The number of carbonyl (C=O) groups excluding carboxylic acids is 1. The molecule has 1 aromatic carbocycles. The second kappa shape index (κ2) is 7.79. The topological polar surface area (TPSA) is 82.2 Å². The molecule has 1 amide bonds. The fraction of sp³-hybridized carbons (Fsp3) is 0.316. The van der Waals surface area contributed by atoms with E-state index in [1.807, 2.05) is 27.8 Å². The highest BCUT2D eigenvalue weighted by Gasteiger charge is 2.21. The lowest BCUT2D eigenvalue weighted by Crippen LogP contribution is -2.27. The minimum absolute atomic E-state index is 0.0816. The van der Waals surface area contributed by atoms with Gasteiger partial charge in [0.25, 0.3) is 5.91 Å². The standard InChI is InChI=1S/C19H20F2N4O3/c1-10(18-11(2)23-25(4)12(18)3)22-19(26)17-8-14(28-24-17)9-27-13-5-6-15(20)16(21)7-13/h5-8,10H,9H2,1-4H3,(H,22,26)/t10-/m0/s1. The van der Waals surface area contributed by atoms with Crippen LogP contribution in [-0.2, 0) is 13.7 Å². The van der Waals surface area contributed by atoms with Crippen LogP contribution in [0, 0.1) is 25.5 Å². The lowest BCUT2D eigenvalue weighted by atomic mass is 10.1. The number of rotatable bonds is 6. The van der Waals surface area contributed by atoms with Crippen molar-refractivity contribution in [2.24, 2.45) is 7.05 Å². The highest BCUT2D eigenvalue weighted by molar-refractivity contribution is 5.92. The Morgan fingerprint density at radius 1 is 1.29 bits per heavy atom. The van der Waals surface area contributed by atoms with Crippen LogP contribution >= 0.6 is 0 Å². The molecular weight excluding hydrogens is 370 g/mol. The number of ether oxygens (including phenoxy) is 1. The first-order chi connectivity index (χ1) is 13.3. The Hall–Kier alpha value is -3.23. The second-order valence-electron chi connectivity index (χ2n) is 6.45. The molecule has 0 aliphatic carbocycles. The van der Waals surface area contributed by atoms with Gasteiger partial charge in [-0.3, -0.25) is 9.48 Å². The normalized spacial score (nSPS) is 12.1. The third-order valence-corrected chi connectivity index (χ3v) is 4.41. The molecule has 2 heterocycles. The highest BCUT2D eigenvalue weighted by atomic mass is 19.2. The molecule has 0 unspecified atom stereocenters. The van der Waals surface area contributed by atoms with Crippen molar-refractivity contribution in [2.45, 2.75) is 33.4 Å². The minimum atomic E-state index is -1.01. The van der Waals surface area contributed by atoms with E-state index in [9.17, 15) is 13.6 Å². The highest BCUT2D eigenvalue weighted by Crippen LogP contribution is 2.21. The van der Waals surface area contributed by atoms with E-state index in [2.05, 4.69) is 15.6 Å². The molecule has 148 valence electrons. The van der Waals surface area contributed by atoms with Gasteiger partial charge >= 0.3 is 0 Å². The zero-order valence-electron chi connectivity index (χ0n) is 15.9. The Morgan fingerprint density at radius 2 is 2.04 bits per heavy atom. The number of nitrogens with one attached hydrogen (secondary N) is 1. The molecule has 1 atom stereocenters. The van der Waals surface area contributed by atoms with Gasteiger partial charge in [-0.2, -0.15) is 5.10 Å². The van der Waals surface area contributed by atoms with Crippen molar-refractivity contribution in [2.75, 3.05) is 0 Å². The molecule has 9 heteroatoms. The van der Waals surface area contributed by atoms with Crippen molar-refractivity contribution in [1.82, 2.24) is 20.3 Å². The van der Waals surface area contributed by atoms with Gasteiger partial charge in [-0.1, -0.05) is 5.16 Å². The molecule has 28 heavy (non-hydrogen) atoms. The molecule has 0 aliphatic heterocycles. The van der Waals surface area contributed by atoms with Crippen LogP contribution in [0.4, 0.5) is 8.78 Å². The average molecular weight is 390 g/mol. The Morgan fingerprint density at radius 3 is 2.68 bits per heavy atom. The molecular formula is C19H20F2N4O3. The lowest BCUT2D eigenvalue weighted by Gasteiger charge is -2.13. The van der Waals surface area contributed by atoms with Gasteiger partial charge in [0.1, 0.15) is 12.4 Å². The van der Waals surface area contributed by atoms with Gasteiger partial charge < -0.3 is 14.6 Å². The fourth-order valence-electron chi connectivity index (χ4n) is 2.97. The summed E-state index contributed by atoms with van der Waals surface area (Å²) in [5, 5.41) is 10.9. The number of hydrogen-bond donors (Lipinski definition) is 1. The Bertz CT molecular complexity index is 1010. The Labute approximate surface area is 160 Å². The quantitative estimate of drug-likeness (QED) is 0.698. The smallest absolute Gasteiger partial charge is 0.273 e. The van der Waals surface area contributed by atoms with Gasteiger partial charge in [-0.15, -0.1) is 0 Å². The van der Waals surface area contributed by atoms with Crippen molar-refractivity contribution in [3.8, 4) is 5.75 Å². The Balaban J connectivity index is 1.62. The SMILES string of the molecule is Cc1nn(C)c(C)c1[C@H](C)NC(=O)c1cc(COc2ccc(F)c(F)c2)on1. The summed E-state index contributed by atoms with van der Waals surface area (Å²) < 4.78 is 38.3. The molecule has 1 N–H and O–H groups in total. The summed E-state index contributed by atoms with van der Waals surface area (Å²) in [4.78, 5) is 12.4. The zero-order chi connectivity index (χ0) is 20.4. The summed E-state index contributed by atoms with van der Waals surface area (Å²) in [6.45, 7) is 5.60. The van der Waals surface area contributed by atoms with Crippen LogP contribution in [0.3, 0.4) is 0 Å². The molecule has 0 radical (unpaired) electrons. The summed E-state index contributed by atoms with van der Waals surface area (Å²) in [6.07, 6.45) is 0. The maximum atomic E-state index is 13.2. The number of amides is 1. The lowest BCUT2D eigenvalue weighted by molar-refractivity contribution is 0.0930. The van der Waals surface area contributed by atoms with E-state index in [4.69, 9.17) is 9.26 Å². The van der Waals surface area contributed by atoms with Crippen molar-refractivity contribution >= 4 is 5.91 Å². The van der Waals surface area contributed by atoms with E-state index in [1.54, 1.807) is 4.68 Å². The number of aromatic nitrogens is 3. The van der Waals surface area contributed by atoms with Crippen molar-refractivity contribution in [3.63, 3.8) is 0 Å². The van der Waals surface area contributed by atoms with Crippen molar-refractivity contribution in [1.29, 1.82) is 0 Å². The van der Waals surface area contributed by atoms with Crippen LogP contribution in [0.1, 0.15) is 46.2 Å². The van der Waals surface area contributed by atoms with Crippen LogP contribution in [0.5, 0.6) is 5.75 Å². The number of halogens is 2. The molecule has 0 spiro atoms. The summed E-state index contributed by atoms with van der Waals surface area (Å²) in [5.41, 5.74) is 2.84. The average Bonchev–Trinajstić information content (AvgIpc) is 3.21. The predicted molar refractivity (Wildman–Crippen MR) is 95.8 cm³/mol. The number of nitrogens with zero attached hydrogens (tertiary/aromatic N) is 3. The number of benzene rings is 1. The molecule has 3 rings (SSSR count). The minimum Gasteiger partial charge on any atom is -0.485 e. The van der Waals surface area contributed by atoms with Gasteiger partial charge in [-0.25, -0.2) is 8.78 Å². The maximum absolute atomic E-state index is 13.2. The van der Waals surface area contributed by atoms with E-state index in [0.29, 0.717) is 0 Å². The van der Waals surface area contributed by atoms with Gasteiger partial charge in [-0.05, 0) is 32.9 Å². The first-order valence-electron chi connectivity index (χ1n) is 8.60. The van der Waals surface area contributed by atoms with Crippen LogP contribution in [0.25, 0.3) is 0 Å². The van der Waals surface area contributed by atoms with Crippen LogP contribution < -0.4 is 10.1 Å². The van der Waals surface area contributed by atoms with Gasteiger partial charge in [0, 0.05) is 30.4 Å². The third kappa shape index (κ3) is 4.03. The molecule has 0 saturated carbocycles. The van der Waals surface area contributed by atoms with Gasteiger partial charge in [0.05, 0.1) is 11.7 Å². The number of carbonyl (C=O) groups is 1. The summed E-state index contributed by atoms with van der Waals surface area (Å²) in [5.74, 6) is -1.96. The van der Waals surface area contributed by atoms with E-state index < -0.39 is 17.5 Å². The van der Waals surface area contributed by atoms with E-state index >= 15 is 0 Å². The molecule has 0 bridgehead atoms. The molecule has 3 aromatic rings. The number of hydrogen-bond acceptors (Lipinski definition) is 5.